The van der Waals surface area contributed by atoms with E-state index in [1.165, 1.54) is 0 Å². The predicted octanol–water partition coefficient (Wildman–Crippen LogP) is 0.149. The Labute approximate surface area is 143 Å². The Hall–Kier alpha value is -3.04. The first-order valence-electron chi connectivity index (χ1n) is 8.04. The molecule has 0 bridgehead atoms. The lowest BCUT2D eigenvalue weighted by atomic mass is 10.1. The number of aromatic nitrogens is 7. The van der Waals surface area contributed by atoms with Crippen molar-refractivity contribution in [3.63, 3.8) is 0 Å². The van der Waals surface area contributed by atoms with Crippen molar-refractivity contribution < 1.29 is 9.32 Å². The number of likely N-dealkylation sites (tertiary alicyclic amines) is 1. The van der Waals surface area contributed by atoms with E-state index in [2.05, 4.69) is 25.7 Å². The third-order valence-corrected chi connectivity index (χ3v) is 4.43. The number of nitrogens with zero attached hydrogens (tertiary/aromatic N) is 8. The second kappa shape index (κ2) is 6.11. The van der Waals surface area contributed by atoms with Crippen LogP contribution in [0.5, 0.6) is 0 Å². The van der Waals surface area contributed by atoms with E-state index in [0.717, 1.165) is 17.0 Å². The van der Waals surface area contributed by atoms with Gasteiger partial charge in [0, 0.05) is 18.7 Å². The summed E-state index contributed by atoms with van der Waals surface area (Å²) in [5.41, 5.74) is 2.44. The van der Waals surface area contributed by atoms with Gasteiger partial charge in [0.1, 0.15) is 18.0 Å². The van der Waals surface area contributed by atoms with Crippen LogP contribution in [0, 0.1) is 13.8 Å². The van der Waals surface area contributed by atoms with Crippen molar-refractivity contribution in [3.05, 3.63) is 41.3 Å². The van der Waals surface area contributed by atoms with Crippen molar-refractivity contribution in [2.75, 3.05) is 13.1 Å². The number of rotatable bonds is 5. The molecule has 1 amide bonds. The molecule has 3 aromatic rings. The molecule has 25 heavy (non-hydrogen) atoms. The molecular weight excluding hydrogens is 324 g/mol. The summed E-state index contributed by atoms with van der Waals surface area (Å²) in [5, 5.41) is 20.3. The Morgan fingerprint density at radius 2 is 2.04 bits per heavy atom. The van der Waals surface area contributed by atoms with Gasteiger partial charge in [-0.05, 0) is 13.8 Å². The quantitative estimate of drug-likeness (QED) is 0.649. The molecule has 1 fully saturated rings. The van der Waals surface area contributed by atoms with E-state index in [-0.39, 0.29) is 11.9 Å². The van der Waals surface area contributed by atoms with Gasteiger partial charge in [-0.2, -0.15) is 15.0 Å². The van der Waals surface area contributed by atoms with Gasteiger partial charge in [-0.1, -0.05) is 10.4 Å². The molecule has 0 spiro atoms. The maximum Gasteiger partial charge on any atom is 0.227 e. The van der Waals surface area contributed by atoms with Crippen molar-refractivity contribution in [3.8, 4) is 0 Å². The van der Waals surface area contributed by atoms with Crippen LogP contribution in [-0.4, -0.2) is 59.0 Å². The van der Waals surface area contributed by atoms with Crippen molar-refractivity contribution in [1.82, 2.24) is 40.0 Å². The smallest absolute Gasteiger partial charge is 0.227 e. The van der Waals surface area contributed by atoms with Crippen LogP contribution < -0.4 is 0 Å². The Bertz CT molecular complexity index is 856. The van der Waals surface area contributed by atoms with Gasteiger partial charge in [0.15, 0.2) is 0 Å². The van der Waals surface area contributed by atoms with E-state index in [1.807, 2.05) is 24.9 Å². The lowest BCUT2D eigenvalue weighted by Crippen LogP contribution is -2.51. The Morgan fingerprint density at radius 1 is 1.28 bits per heavy atom. The number of hydrogen-bond acceptors (Lipinski definition) is 7. The van der Waals surface area contributed by atoms with Crippen LogP contribution in [0.4, 0.5) is 0 Å². The zero-order valence-electron chi connectivity index (χ0n) is 14.0. The fourth-order valence-corrected chi connectivity index (χ4v) is 2.88. The summed E-state index contributed by atoms with van der Waals surface area (Å²) in [4.78, 5) is 15.7. The fourth-order valence-electron chi connectivity index (χ4n) is 2.88. The van der Waals surface area contributed by atoms with Gasteiger partial charge in [0.05, 0.1) is 36.7 Å². The van der Waals surface area contributed by atoms with Gasteiger partial charge in [0.25, 0.3) is 0 Å². The van der Waals surface area contributed by atoms with E-state index in [4.69, 9.17) is 4.52 Å². The molecule has 10 nitrogen and oxygen atoms in total. The maximum atomic E-state index is 12.4. The Kier molecular flexibility index (Phi) is 3.79. The lowest BCUT2D eigenvalue weighted by molar-refractivity contribution is -0.136. The molecule has 0 radical (unpaired) electrons. The first-order valence-corrected chi connectivity index (χ1v) is 8.04. The van der Waals surface area contributed by atoms with Gasteiger partial charge in [0.2, 0.25) is 5.91 Å². The first-order chi connectivity index (χ1) is 12.1. The van der Waals surface area contributed by atoms with Crippen LogP contribution in [0.1, 0.15) is 28.8 Å². The molecule has 130 valence electrons. The highest BCUT2D eigenvalue weighted by molar-refractivity contribution is 5.80. The van der Waals surface area contributed by atoms with Gasteiger partial charge in [-0.15, -0.1) is 5.10 Å². The summed E-state index contributed by atoms with van der Waals surface area (Å²) < 4.78 is 6.91. The number of carbonyl (C=O) groups is 1. The monoisotopic (exact) mass is 342 g/mol. The number of amides is 1. The normalized spacial score (nSPS) is 14.7. The molecule has 0 N–H and O–H groups in total. The highest BCUT2D eigenvalue weighted by Gasteiger charge is 2.33. The van der Waals surface area contributed by atoms with E-state index >= 15 is 0 Å². The summed E-state index contributed by atoms with van der Waals surface area (Å²) in [5.74, 6) is 0.780. The van der Waals surface area contributed by atoms with Crippen molar-refractivity contribution in [1.29, 1.82) is 0 Å². The molecule has 4 heterocycles. The largest absolute Gasteiger partial charge is 0.361 e. The number of hydrogen-bond donors (Lipinski definition) is 0. The van der Waals surface area contributed by atoms with Gasteiger partial charge >= 0.3 is 0 Å². The summed E-state index contributed by atoms with van der Waals surface area (Å²) in [6.45, 7) is 5.42. The third kappa shape index (κ3) is 3.02. The molecule has 3 aromatic heterocycles. The summed E-state index contributed by atoms with van der Waals surface area (Å²) in [6, 6.07) is 0.153. The van der Waals surface area contributed by atoms with Crippen LogP contribution in [0.2, 0.25) is 0 Å². The minimum absolute atomic E-state index is 0.0757. The minimum atomic E-state index is 0.0757. The van der Waals surface area contributed by atoms with Gasteiger partial charge < -0.3 is 9.42 Å². The van der Waals surface area contributed by atoms with E-state index < -0.39 is 0 Å². The molecule has 0 saturated carbocycles. The van der Waals surface area contributed by atoms with E-state index in [1.54, 1.807) is 21.9 Å². The topological polar surface area (TPSA) is 108 Å². The van der Waals surface area contributed by atoms with Crippen LogP contribution in [0.25, 0.3) is 0 Å². The molecule has 10 heteroatoms. The SMILES string of the molecule is Cc1noc(C)c1CC(=O)N1CC(n2cc(Cn3nccn3)nn2)C1. The average Bonchev–Trinajstić information content (AvgIpc) is 3.26. The van der Waals surface area contributed by atoms with Gasteiger partial charge in [-0.3, -0.25) is 4.79 Å². The van der Waals surface area contributed by atoms with Crippen LogP contribution in [0.15, 0.2) is 23.1 Å². The summed E-state index contributed by atoms with van der Waals surface area (Å²) in [6.07, 6.45) is 5.45. The fraction of sp³-hybridized carbons (Fsp3) is 0.467. The molecule has 1 aliphatic rings. The molecule has 0 aliphatic carbocycles. The molecule has 4 rings (SSSR count). The number of aryl methyl sites for hydroxylation is 2. The highest BCUT2D eigenvalue weighted by atomic mass is 16.5. The van der Waals surface area contributed by atoms with Crippen LogP contribution in [-0.2, 0) is 17.8 Å². The molecule has 1 aliphatic heterocycles. The second-order valence-electron chi connectivity index (χ2n) is 6.18. The average molecular weight is 342 g/mol. The first kappa shape index (κ1) is 15.5. The highest BCUT2D eigenvalue weighted by Crippen LogP contribution is 2.22. The standard InChI is InChI=1S/C15H18N8O2/c1-10-14(11(2)25-19-10)5-15(24)21-8-13(9-21)22-6-12(18-20-22)7-23-16-3-4-17-23/h3-4,6,13H,5,7-9H2,1-2H3. The molecule has 0 aromatic carbocycles. The van der Waals surface area contributed by atoms with E-state index in [0.29, 0.717) is 31.8 Å². The number of carbonyl (C=O) groups excluding carboxylic acids is 1. The molecule has 0 atom stereocenters. The molecule has 1 saturated heterocycles. The summed E-state index contributed by atoms with van der Waals surface area (Å²) >= 11 is 0. The second-order valence-corrected chi connectivity index (χ2v) is 6.18. The van der Waals surface area contributed by atoms with Crippen molar-refractivity contribution >= 4 is 5.91 Å². The third-order valence-electron chi connectivity index (χ3n) is 4.43. The van der Waals surface area contributed by atoms with Gasteiger partial charge in [-0.25, -0.2) is 4.68 Å². The Morgan fingerprint density at radius 3 is 2.72 bits per heavy atom. The van der Waals surface area contributed by atoms with Crippen molar-refractivity contribution in [2.45, 2.75) is 32.9 Å². The maximum absolute atomic E-state index is 12.4. The lowest BCUT2D eigenvalue weighted by Gasteiger charge is -2.38. The summed E-state index contributed by atoms with van der Waals surface area (Å²) in [7, 11) is 0. The van der Waals surface area contributed by atoms with Crippen molar-refractivity contribution in [2.24, 2.45) is 0 Å². The zero-order valence-corrected chi connectivity index (χ0v) is 14.0. The molecule has 0 unspecified atom stereocenters. The van der Waals surface area contributed by atoms with Crippen LogP contribution in [0.3, 0.4) is 0 Å². The predicted molar refractivity (Wildman–Crippen MR) is 84.4 cm³/mol. The Balaban J connectivity index is 1.33. The van der Waals surface area contributed by atoms with E-state index in [9.17, 15) is 4.79 Å². The molecular formula is C15H18N8O2. The van der Waals surface area contributed by atoms with Crippen LogP contribution >= 0.6 is 0 Å². The zero-order chi connectivity index (χ0) is 17.4. The minimum Gasteiger partial charge on any atom is -0.361 e.